The summed E-state index contributed by atoms with van der Waals surface area (Å²) < 4.78 is 16.1. The first kappa shape index (κ1) is 21.2. The summed E-state index contributed by atoms with van der Waals surface area (Å²) in [4.78, 5) is 24.0. The van der Waals surface area contributed by atoms with Gasteiger partial charge >= 0.3 is 5.97 Å². The molecule has 2 aliphatic rings. The number of aromatic hydroxyl groups is 1. The highest BCUT2D eigenvalue weighted by atomic mass is 16.5. The lowest BCUT2D eigenvalue weighted by Crippen LogP contribution is -2.31. The first-order valence-electron chi connectivity index (χ1n) is 10.0. The SMILES string of the molecule is COc1c(C)c2c(c(O)c1C/C=C(\C)CCC(=O)NC[C@H]1CCCO1)C(=O)OC2. The summed E-state index contributed by atoms with van der Waals surface area (Å²) in [7, 11) is 1.55. The zero-order valence-corrected chi connectivity index (χ0v) is 17.3. The molecule has 0 aliphatic carbocycles. The first-order valence-corrected chi connectivity index (χ1v) is 10.0. The number of amides is 1. The second kappa shape index (κ2) is 9.31. The lowest BCUT2D eigenvalue weighted by molar-refractivity contribution is -0.121. The molecule has 7 heteroatoms. The number of methoxy groups -OCH3 is 1. The minimum atomic E-state index is -0.506. The van der Waals surface area contributed by atoms with Crippen LogP contribution >= 0.6 is 0 Å². The van der Waals surface area contributed by atoms with Crippen molar-refractivity contribution in [3.63, 3.8) is 0 Å². The van der Waals surface area contributed by atoms with Crippen molar-refractivity contribution in [3.05, 3.63) is 33.9 Å². The Morgan fingerprint density at radius 3 is 2.86 bits per heavy atom. The van der Waals surface area contributed by atoms with E-state index in [0.29, 0.717) is 42.7 Å². The molecule has 0 bridgehead atoms. The van der Waals surface area contributed by atoms with Crippen molar-refractivity contribution in [1.29, 1.82) is 0 Å². The summed E-state index contributed by atoms with van der Waals surface area (Å²) in [6, 6.07) is 0. The van der Waals surface area contributed by atoms with Crippen LogP contribution in [0.3, 0.4) is 0 Å². The Labute approximate surface area is 171 Å². The van der Waals surface area contributed by atoms with Gasteiger partial charge in [0.15, 0.2) is 0 Å². The van der Waals surface area contributed by atoms with Gasteiger partial charge < -0.3 is 24.6 Å². The number of carbonyl (C=O) groups is 2. The molecule has 1 amide bonds. The van der Waals surface area contributed by atoms with Crippen LogP contribution in [0.5, 0.6) is 11.5 Å². The summed E-state index contributed by atoms with van der Waals surface area (Å²) in [5.74, 6) is -0.0147. The van der Waals surface area contributed by atoms with E-state index in [-0.39, 0.29) is 29.9 Å². The van der Waals surface area contributed by atoms with Gasteiger partial charge in [-0.05, 0) is 45.1 Å². The van der Waals surface area contributed by atoms with Crippen LogP contribution < -0.4 is 10.1 Å². The van der Waals surface area contributed by atoms with E-state index in [0.717, 1.165) is 30.6 Å². The molecule has 0 aromatic heterocycles. The number of phenolic OH excluding ortho intramolecular Hbond substituents is 1. The third kappa shape index (κ3) is 4.72. The quantitative estimate of drug-likeness (QED) is 0.512. The van der Waals surface area contributed by atoms with E-state index in [9.17, 15) is 14.7 Å². The number of hydrogen-bond acceptors (Lipinski definition) is 6. The lowest BCUT2D eigenvalue weighted by Gasteiger charge is -2.15. The number of allylic oxidation sites excluding steroid dienone is 2. The Balaban J connectivity index is 1.61. The Hall–Kier alpha value is -2.54. The molecule has 1 aromatic rings. The maximum absolute atomic E-state index is 12.0. The van der Waals surface area contributed by atoms with Crippen molar-refractivity contribution < 1.29 is 28.9 Å². The largest absolute Gasteiger partial charge is 0.507 e. The molecule has 0 spiro atoms. The third-order valence-electron chi connectivity index (χ3n) is 5.60. The number of rotatable bonds is 8. The molecule has 2 aliphatic heterocycles. The zero-order chi connectivity index (χ0) is 21.0. The summed E-state index contributed by atoms with van der Waals surface area (Å²) in [6.45, 7) is 5.30. The topological polar surface area (TPSA) is 94.1 Å². The molecule has 2 N–H and O–H groups in total. The zero-order valence-electron chi connectivity index (χ0n) is 17.3. The second-order valence-corrected chi connectivity index (χ2v) is 7.61. The summed E-state index contributed by atoms with van der Waals surface area (Å²) >= 11 is 0. The van der Waals surface area contributed by atoms with Crippen LogP contribution in [0.15, 0.2) is 11.6 Å². The minimum absolute atomic E-state index is 0.00444. The number of cyclic esters (lactones) is 1. The molecule has 1 atom stereocenters. The molecule has 2 heterocycles. The summed E-state index contributed by atoms with van der Waals surface area (Å²) in [5.41, 5.74) is 3.31. The standard InChI is InChI=1S/C22H29NO6/c1-13(7-9-18(24)23-11-15-5-4-10-28-15)6-8-16-20(25)19-17(12-29-22(19)26)14(2)21(16)27-3/h6,15,25H,4-5,7-12H2,1-3H3,(H,23,24)/b13-6+/t15-/m1/s1. The monoisotopic (exact) mass is 403 g/mol. The van der Waals surface area contributed by atoms with E-state index >= 15 is 0 Å². The van der Waals surface area contributed by atoms with Gasteiger partial charge in [-0.3, -0.25) is 4.79 Å². The number of nitrogens with one attached hydrogen (secondary N) is 1. The van der Waals surface area contributed by atoms with Gasteiger partial charge in [-0.15, -0.1) is 0 Å². The number of benzene rings is 1. The van der Waals surface area contributed by atoms with E-state index in [1.54, 1.807) is 7.11 Å². The van der Waals surface area contributed by atoms with Crippen molar-refractivity contribution in [3.8, 4) is 11.5 Å². The van der Waals surface area contributed by atoms with E-state index in [2.05, 4.69) is 5.32 Å². The molecule has 0 saturated carbocycles. The Morgan fingerprint density at radius 2 is 2.17 bits per heavy atom. The molecule has 1 aromatic carbocycles. The molecule has 3 rings (SSSR count). The second-order valence-electron chi connectivity index (χ2n) is 7.61. The number of hydrogen-bond donors (Lipinski definition) is 2. The van der Waals surface area contributed by atoms with E-state index in [1.807, 2.05) is 19.9 Å². The van der Waals surface area contributed by atoms with Gasteiger partial charge in [-0.2, -0.15) is 0 Å². The predicted molar refractivity (Wildman–Crippen MR) is 107 cm³/mol. The third-order valence-corrected chi connectivity index (χ3v) is 5.60. The van der Waals surface area contributed by atoms with Crippen LogP contribution in [0, 0.1) is 6.92 Å². The molecular weight excluding hydrogens is 374 g/mol. The number of carbonyl (C=O) groups excluding carboxylic acids is 2. The molecule has 7 nitrogen and oxygen atoms in total. The minimum Gasteiger partial charge on any atom is -0.507 e. The molecule has 1 fully saturated rings. The van der Waals surface area contributed by atoms with Crippen molar-refractivity contribution in [2.75, 3.05) is 20.3 Å². The van der Waals surface area contributed by atoms with Crippen LogP contribution in [0.4, 0.5) is 0 Å². The number of ether oxygens (including phenoxy) is 3. The smallest absolute Gasteiger partial charge is 0.342 e. The predicted octanol–water partition coefficient (Wildman–Crippen LogP) is 2.94. The summed E-state index contributed by atoms with van der Waals surface area (Å²) in [6.07, 6.45) is 5.56. The van der Waals surface area contributed by atoms with Crippen LogP contribution in [-0.4, -0.2) is 43.3 Å². The number of esters is 1. The van der Waals surface area contributed by atoms with Gasteiger partial charge in [-0.1, -0.05) is 11.6 Å². The van der Waals surface area contributed by atoms with Crippen LogP contribution in [0.2, 0.25) is 0 Å². The molecule has 0 unspecified atom stereocenters. The fraction of sp³-hybridized carbons (Fsp3) is 0.545. The van der Waals surface area contributed by atoms with Crippen molar-refractivity contribution in [2.45, 2.75) is 58.7 Å². The highest BCUT2D eigenvalue weighted by Crippen LogP contribution is 2.42. The van der Waals surface area contributed by atoms with Gasteiger partial charge in [-0.25, -0.2) is 4.79 Å². The summed E-state index contributed by atoms with van der Waals surface area (Å²) in [5, 5.41) is 13.6. The molecule has 0 radical (unpaired) electrons. The molecule has 29 heavy (non-hydrogen) atoms. The fourth-order valence-corrected chi connectivity index (χ4v) is 3.84. The van der Waals surface area contributed by atoms with E-state index < -0.39 is 5.97 Å². The highest BCUT2D eigenvalue weighted by molar-refractivity contribution is 5.98. The van der Waals surface area contributed by atoms with Crippen molar-refractivity contribution in [2.24, 2.45) is 0 Å². The average molecular weight is 403 g/mol. The van der Waals surface area contributed by atoms with E-state index in [1.165, 1.54) is 0 Å². The van der Waals surface area contributed by atoms with Crippen LogP contribution in [0.25, 0.3) is 0 Å². The van der Waals surface area contributed by atoms with Crippen LogP contribution in [-0.2, 0) is 27.3 Å². The average Bonchev–Trinajstić information content (AvgIpc) is 3.36. The molecule has 158 valence electrons. The molecule has 1 saturated heterocycles. The lowest BCUT2D eigenvalue weighted by atomic mass is 9.94. The van der Waals surface area contributed by atoms with Crippen molar-refractivity contribution >= 4 is 11.9 Å². The normalized spacial score (nSPS) is 18.5. The first-order chi connectivity index (χ1) is 13.9. The van der Waals surface area contributed by atoms with Gasteiger partial charge in [0.25, 0.3) is 0 Å². The number of fused-ring (bicyclic) bond motifs is 1. The molecular formula is C22H29NO6. The Bertz CT molecular complexity index is 823. The van der Waals surface area contributed by atoms with Gasteiger partial charge in [0.2, 0.25) is 5.91 Å². The van der Waals surface area contributed by atoms with Crippen LogP contribution in [0.1, 0.15) is 59.7 Å². The fourth-order valence-electron chi connectivity index (χ4n) is 3.84. The maximum Gasteiger partial charge on any atom is 0.342 e. The van der Waals surface area contributed by atoms with Gasteiger partial charge in [0, 0.05) is 30.7 Å². The number of phenols is 1. The Morgan fingerprint density at radius 1 is 1.38 bits per heavy atom. The van der Waals surface area contributed by atoms with E-state index in [4.69, 9.17) is 14.2 Å². The van der Waals surface area contributed by atoms with Gasteiger partial charge in [0.05, 0.1) is 13.2 Å². The maximum atomic E-state index is 12.0. The Kier molecular flexibility index (Phi) is 6.79. The van der Waals surface area contributed by atoms with Crippen molar-refractivity contribution in [1.82, 2.24) is 5.32 Å². The highest BCUT2D eigenvalue weighted by Gasteiger charge is 2.31. The van der Waals surface area contributed by atoms with Gasteiger partial charge in [0.1, 0.15) is 23.7 Å².